The monoisotopic (exact) mass is 296 g/mol. The molecular formula is C14H24N4OS. The predicted octanol–water partition coefficient (Wildman–Crippen LogP) is 2.44. The molecule has 0 aromatic carbocycles. The van der Waals surface area contributed by atoms with Gasteiger partial charge in [0, 0.05) is 27.2 Å². The summed E-state index contributed by atoms with van der Waals surface area (Å²) in [5.74, 6) is 1.03. The lowest BCUT2D eigenvalue weighted by atomic mass is 9.85. The van der Waals surface area contributed by atoms with Gasteiger partial charge in [0.05, 0.1) is 0 Å². The number of aromatic nitrogens is 1. The molecule has 0 radical (unpaired) electrons. The van der Waals surface area contributed by atoms with Crippen LogP contribution in [0.4, 0.5) is 10.9 Å². The Hall–Kier alpha value is -1.30. The number of anilines is 2. The Morgan fingerprint density at radius 2 is 2.15 bits per heavy atom. The second-order valence-corrected chi connectivity index (χ2v) is 6.59. The summed E-state index contributed by atoms with van der Waals surface area (Å²) < 4.78 is 0. The van der Waals surface area contributed by atoms with Gasteiger partial charge in [0.15, 0.2) is 5.13 Å². The van der Waals surface area contributed by atoms with Crippen molar-refractivity contribution in [3.63, 3.8) is 0 Å². The molecule has 112 valence electrons. The van der Waals surface area contributed by atoms with Crippen LogP contribution < -0.4 is 10.6 Å². The third-order valence-electron chi connectivity index (χ3n) is 3.83. The number of nitrogen functional groups attached to an aromatic ring is 1. The molecule has 1 heterocycles. The van der Waals surface area contributed by atoms with E-state index in [2.05, 4.69) is 11.9 Å². The topological polar surface area (TPSA) is 62.5 Å². The van der Waals surface area contributed by atoms with E-state index in [1.807, 2.05) is 19.0 Å². The highest BCUT2D eigenvalue weighted by molar-refractivity contribution is 7.18. The fourth-order valence-electron chi connectivity index (χ4n) is 2.39. The van der Waals surface area contributed by atoms with Gasteiger partial charge in [-0.3, -0.25) is 4.79 Å². The SMILES string of the molecule is CCCN(C)c1nc(N)c(C(=O)N(C)CC2CCC2)s1. The fourth-order valence-corrected chi connectivity index (χ4v) is 3.35. The van der Waals surface area contributed by atoms with Crippen molar-refractivity contribution >= 4 is 28.2 Å². The first-order valence-corrected chi connectivity index (χ1v) is 8.07. The molecule has 1 fully saturated rings. The van der Waals surface area contributed by atoms with E-state index in [1.54, 1.807) is 4.90 Å². The number of hydrogen-bond acceptors (Lipinski definition) is 5. The third-order valence-corrected chi connectivity index (χ3v) is 5.00. The molecule has 0 aliphatic heterocycles. The lowest BCUT2D eigenvalue weighted by molar-refractivity contribution is 0.0751. The zero-order valence-electron chi connectivity index (χ0n) is 12.6. The summed E-state index contributed by atoms with van der Waals surface area (Å²) in [6.45, 7) is 3.86. The van der Waals surface area contributed by atoms with Crippen LogP contribution in [-0.2, 0) is 0 Å². The van der Waals surface area contributed by atoms with Gasteiger partial charge in [-0.25, -0.2) is 4.98 Å². The summed E-state index contributed by atoms with van der Waals surface area (Å²) in [5, 5.41) is 0.824. The maximum atomic E-state index is 12.4. The van der Waals surface area contributed by atoms with Crippen molar-refractivity contribution in [3.05, 3.63) is 4.88 Å². The molecule has 0 saturated heterocycles. The lowest BCUT2D eigenvalue weighted by Gasteiger charge is -2.29. The second-order valence-electron chi connectivity index (χ2n) is 5.61. The molecular weight excluding hydrogens is 272 g/mol. The molecule has 1 aromatic rings. The molecule has 1 saturated carbocycles. The number of nitrogens with two attached hydrogens (primary N) is 1. The average molecular weight is 296 g/mol. The first kappa shape index (κ1) is 15.1. The fraction of sp³-hybridized carbons (Fsp3) is 0.714. The smallest absolute Gasteiger partial charge is 0.267 e. The van der Waals surface area contributed by atoms with Crippen LogP contribution in [0.25, 0.3) is 0 Å². The molecule has 6 heteroatoms. The molecule has 1 aliphatic carbocycles. The Labute approximate surface area is 124 Å². The summed E-state index contributed by atoms with van der Waals surface area (Å²) in [6.07, 6.45) is 4.81. The first-order chi connectivity index (χ1) is 9.52. The Balaban J connectivity index is 2.04. The summed E-state index contributed by atoms with van der Waals surface area (Å²) in [7, 11) is 3.84. The summed E-state index contributed by atoms with van der Waals surface area (Å²) in [5.41, 5.74) is 5.92. The summed E-state index contributed by atoms with van der Waals surface area (Å²) in [4.78, 5) is 21.2. The van der Waals surface area contributed by atoms with Gasteiger partial charge in [0.25, 0.3) is 5.91 Å². The van der Waals surface area contributed by atoms with Crippen molar-refractivity contribution in [2.45, 2.75) is 32.6 Å². The molecule has 1 amide bonds. The number of nitrogens with zero attached hydrogens (tertiary/aromatic N) is 3. The molecule has 20 heavy (non-hydrogen) atoms. The summed E-state index contributed by atoms with van der Waals surface area (Å²) in [6, 6.07) is 0. The van der Waals surface area contributed by atoms with Crippen LogP contribution in [0.1, 0.15) is 42.3 Å². The van der Waals surface area contributed by atoms with Gasteiger partial charge in [0.1, 0.15) is 10.7 Å². The van der Waals surface area contributed by atoms with Gasteiger partial charge in [-0.1, -0.05) is 24.7 Å². The number of thiazole rings is 1. The van der Waals surface area contributed by atoms with Crippen molar-refractivity contribution < 1.29 is 4.79 Å². The minimum atomic E-state index is 0.00282. The molecule has 2 N–H and O–H groups in total. The van der Waals surface area contributed by atoms with Crippen LogP contribution in [0.3, 0.4) is 0 Å². The summed E-state index contributed by atoms with van der Waals surface area (Å²) >= 11 is 1.40. The van der Waals surface area contributed by atoms with Gasteiger partial charge in [0.2, 0.25) is 0 Å². The van der Waals surface area contributed by atoms with Crippen LogP contribution in [0, 0.1) is 5.92 Å². The molecule has 0 atom stereocenters. The lowest BCUT2D eigenvalue weighted by Crippen LogP contribution is -2.34. The van der Waals surface area contributed by atoms with Crippen LogP contribution in [0.5, 0.6) is 0 Å². The maximum Gasteiger partial charge on any atom is 0.267 e. The molecule has 0 bridgehead atoms. The number of amides is 1. The van der Waals surface area contributed by atoms with Crippen molar-refractivity contribution in [2.24, 2.45) is 5.92 Å². The molecule has 2 rings (SSSR count). The van der Waals surface area contributed by atoms with Gasteiger partial charge in [-0.15, -0.1) is 0 Å². The highest BCUT2D eigenvalue weighted by atomic mass is 32.1. The molecule has 0 unspecified atom stereocenters. The normalized spacial score (nSPS) is 14.9. The zero-order valence-corrected chi connectivity index (χ0v) is 13.4. The maximum absolute atomic E-state index is 12.4. The highest BCUT2D eigenvalue weighted by Crippen LogP contribution is 2.30. The number of carbonyl (C=O) groups excluding carboxylic acids is 1. The van der Waals surface area contributed by atoms with Crippen LogP contribution in [0.2, 0.25) is 0 Å². The van der Waals surface area contributed by atoms with Crippen molar-refractivity contribution in [1.82, 2.24) is 9.88 Å². The van der Waals surface area contributed by atoms with Crippen LogP contribution in [-0.4, -0.2) is 43.0 Å². The van der Waals surface area contributed by atoms with Crippen molar-refractivity contribution in [1.29, 1.82) is 0 Å². The molecule has 5 nitrogen and oxygen atoms in total. The predicted molar refractivity (Wildman–Crippen MR) is 84.4 cm³/mol. The van der Waals surface area contributed by atoms with E-state index < -0.39 is 0 Å². The van der Waals surface area contributed by atoms with E-state index in [9.17, 15) is 4.79 Å². The van der Waals surface area contributed by atoms with Gasteiger partial charge < -0.3 is 15.5 Å². The Bertz CT molecular complexity index is 470. The second kappa shape index (κ2) is 6.43. The largest absolute Gasteiger partial charge is 0.382 e. The standard InChI is InChI=1S/C14H24N4OS/c1-4-8-17(2)14-16-12(15)11(20-14)13(19)18(3)9-10-6-5-7-10/h10H,4-9,15H2,1-3H3. The van der Waals surface area contributed by atoms with E-state index in [1.165, 1.54) is 30.6 Å². The molecule has 1 aliphatic rings. The highest BCUT2D eigenvalue weighted by Gasteiger charge is 2.25. The Morgan fingerprint density at radius 3 is 2.70 bits per heavy atom. The minimum Gasteiger partial charge on any atom is -0.382 e. The average Bonchev–Trinajstić information content (AvgIpc) is 2.75. The van der Waals surface area contributed by atoms with Crippen molar-refractivity contribution in [3.8, 4) is 0 Å². The number of rotatable bonds is 6. The van der Waals surface area contributed by atoms with Crippen molar-refractivity contribution in [2.75, 3.05) is 37.8 Å². The number of carbonyl (C=O) groups is 1. The van der Waals surface area contributed by atoms with E-state index in [0.717, 1.165) is 24.6 Å². The Morgan fingerprint density at radius 1 is 1.45 bits per heavy atom. The van der Waals surface area contributed by atoms with E-state index in [4.69, 9.17) is 5.73 Å². The van der Waals surface area contributed by atoms with Gasteiger partial charge in [-0.05, 0) is 25.2 Å². The third kappa shape index (κ3) is 3.23. The zero-order chi connectivity index (χ0) is 14.7. The minimum absolute atomic E-state index is 0.00282. The van der Waals surface area contributed by atoms with E-state index in [-0.39, 0.29) is 5.91 Å². The van der Waals surface area contributed by atoms with Gasteiger partial charge >= 0.3 is 0 Å². The molecule has 0 spiro atoms. The van der Waals surface area contributed by atoms with E-state index >= 15 is 0 Å². The first-order valence-electron chi connectivity index (χ1n) is 7.25. The number of hydrogen-bond donors (Lipinski definition) is 1. The van der Waals surface area contributed by atoms with E-state index in [0.29, 0.717) is 16.6 Å². The van der Waals surface area contributed by atoms with Crippen LogP contribution in [0.15, 0.2) is 0 Å². The van der Waals surface area contributed by atoms with Gasteiger partial charge in [-0.2, -0.15) is 0 Å². The molecule has 1 aromatic heterocycles. The quantitative estimate of drug-likeness (QED) is 0.876. The Kier molecular flexibility index (Phi) is 4.86. The van der Waals surface area contributed by atoms with Crippen LogP contribution >= 0.6 is 11.3 Å².